The molecule has 0 saturated carbocycles. The molecule has 0 aliphatic heterocycles. The SMILES string of the molecule is C.c1ccc(-c2ccc(-c3nc(-n4c5ccccc5c5c6oc7ccccc7c6ccc54)nc4ccccc34)cc2)cc1.c1ccc(-c2nc(-n3c4ccccc4c4c5ccccc5c5c6ccccc6sc5c43)nc3ccccc23)cc1.c1ccc(-c2nc3ccccc3nc2-n2c3ccccc3c3cc(-c4ccc5c(c4)c4c6ccccc6ccc4n5-c4ccccc4)ccc32)cc1. The van der Waals surface area contributed by atoms with Crippen LogP contribution in [-0.4, -0.2) is 48.2 Å². The minimum atomic E-state index is 0. The summed E-state index contributed by atoms with van der Waals surface area (Å²) in [4.78, 5) is 31.4. The van der Waals surface area contributed by atoms with Crippen molar-refractivity contribution in [2.24, 2.45) is 0 Å². The number of rotatable bonds is 9. The van der Waals surface area contributed by atoms with Gasteiger partial charge >= 0.3 is 0 Å². The number of thiophene rings is 1. The van der Waals surface area contributed by atoms with E-state index in [4.69, 9.17) is 34.3 Å². The van der Waals surface area contributed by atoms with Crippen molar-refractivity contribution in [3.63, 3.8) is 0 Å². The molecule has 0 aliphatic carbocycles. The molecule has 0 spiro atoms. The van der Waals surface area contributed by atoms with Crippen LogP contribution < -0.4 is 0 Å². The monoisotopic (exact) mass is 1740 g/mol. The Labute approximate surface area is 777 Å². The predicted molar refractivity (Wildman–Crippen MR) is 565 cm³/mol. The zero-order valence-electron chi connectivity index (χ0n) is 72.0. The van der Waals surface area contributed by atoms with Crippen molar-refractivity contribution in [2.45, 2.75) is 7.43 Å². The number of nitrogens with zero attached hydrogens (tertiary/aromatic N) is 10. The number of para-hydroxylation sites is 9. The summed E-state index contributed by atoms with van der Waals surface area (Å²) < 4.78 is 18.2. The van der Waals surface area contributed by atoms with E-state index in [1.807, 2.05) is 78.1 Å². The quantitative estimate of drug-likeness (QED) is 0.142. The molecule has 0 atom stereocenters. The van der Waals surface area contributed by atoms with Crippen molar-refractivity contribution < 1.29 is 4.42 Å². The number of benzene rings is 20. The lowest BCUT2D eigenvalue weighted by Crippen LogP contribution is -2.03. The molecule has 0 saturated heterocycles. The van der Waals surface area contributed by atoms with Gasteiger partial charge in [-0.1, -0.05) is 347 Å². The molecule has 0 radical (unpaired) electrons. The van der Waals surface area contributed by atoms with Crippen LogP contribution in [0.2, 0.25) is 0 Å². The molecule has 29 rings (SSSR count). The van der Waals surface area contributed by atoms with E-state index in [0.29, 0.717) is 11.9 Å². The predicted octanol–water partition coefficient (Wildman–Crippen LogP) is 32.8. The lowest BCUT2D eigenvalue weighted by Gasteiger charge is -2.14. The molecule has 29 aromatic rings. The van der Waals surface area contributed by atoms with E-state index in [9.17, 15) is 0 Å². The molecule has 9 heterocycles. The second kappa shape index (κ2) is 31.8. The Morgan fingerprint density at radius 1 is 0.215 bits per heavy atom. The summed E-state index contributed by atoms with van der Waals surface area (Å²) in [6.07, 6.45) is 0. The van der Waals surface area contributed by atoms with Crippen LogP contribution in [0.1, 0.15) is 7.43 Å². The summed E-state index contributed by atoms with van der Waals surface area (Å²) in [5, 5.41) is 21.5. The standard InChI is InChI=1S/C48H30N4.C38H23N3O.C36H21N3S.CH4/c1-3-14-32(15-4-1)47-48(50-41-21-11-10-20-40(41)49-47)52-42-22-12-9-19-37(42)38-29-33(24-26-43(38)52)34-25-27-44-39(30-34)46-36-18-8-7-13-31(36)23-28-45(46)51(44)35-16-5-2-6-17-35;1-2-10-24(11-3-1)25-18-20-26(21-19-25)36-29-13-4-7-15-31(29)39-38(40-36)41-32-16-8-5-14-30(32)35-33(41)23-22-28-27-12-6-9-17-34(27)42-37(28)35;1-2-12-22(13-3-1)33-25-16-6-9-19-28(25)37-36(38-33)39-29-20-10-7-17-26(29)31-23-14-4-5-15-24(23)32-27-18-8-11-21-30(27)40-35(32)34(31)39;/h1-30H;1-23H;1-21H;1H4. The van der Waals surface area contributed by atoms with Gasteiger partial charge in [0.1, 0.15) is 16.9 Å². The molecule has 0 bridgehead atoms. The highest BCUT2D eigenvalue weighted by Crippen LogP contribution is 2.50. The van der Waals surface area contributed by atoms with Crippen molar-refractivity contribution in [3.8, 4) is 79.4 Å². The third kappa shape index (κ3) is 12.6. The minimum Gasteiger partial charge on any atom is -0.455 e. The highest BCUT2D eigenvalue weighted by molar-refractivity contribution is 7.27. The zero-order chi connectivity index (χ0) is 88.0. The summed E-state index contributed by atoms with van der Waals surface area (Å²) >= 11 is 1.86. The van der Waals surface area contributed by atoms with E-state index in [1.54, 1.807) is 0 Å². The fourth-order valence-corrected chi connectivity index (χ4v) is 22.0. The molecule has 11 nitrogen and oxygen atoms in total. The lowest BCUT2D eigenvalue weighted by molar-refractivity contribution is 0.673. The van der Waals surface area contributed by atoms with E-state index in [2.05, 4.69) is 400 Å². The molecule has 0 fully saturated rings. The normalized spacial score (nSPS) is 11.8. The molecule has 0 aliphatic rings. The van der Waals surface area contributed by atoms with Crippen molar-refractivity contribution in [1.82, 2.24) is 48.2 Å². The molecule has 632 valence electrons. The maximum Gasteiger partial charge on any atom is 0.235 e. The number of furan rings is 1. The number of fused-ring (bicyclic) bond motifs is 28. The molecule has 9 aromatic heterocycles. The van der Waals surface area contributed by atoms with Crippen LogP contribution in [0.3, 0.4) is 0 Å². The van der Waals surface area contributed by atoms with Gasteiger partial charge in [-0.05, 0) is 153 Å². The molecule has 20 aromatic carbocycles. The summed E-state index contributed by atoms with van der Waals surface area (Å²) in [7, 11) is 0. The maximum atomic E-state index is 6.48. The number of hydrogen-bond acceptors (Lipinski definition) is 8. The van der Waals surface area contributed by atoms with E-state index in [1.165, 1.54) is 113 Å². The van der Waals surface area contributed by atoms with Crippen LogP contribution in [-0.2, 0) is 0 Å². The Morgan fingerprint density at radius 3 is 1.30 bits per heavy atom. The molecule has 12 heteroatoms. The second-order valence-corrected chi connectivity index (χ2v) is 35.3. The van der Waals surface area contributed by atoms with Gasteiger partial charge in [0.25, 0.3) is 0 Å². The van der Waals surface area contributed by atoms with E-state index in [-0.39, 0.29) is 7.43 Å². The van der Waals surface area contributed by atoms with Crippen LogP contribution in [0.5, 0.6) is 0 Å². The van der Waals surface area contributed by atoms with Crippen LogP contribution in [0.15, 0.2) is 453 Å². The van der Waals surface area contributed by atoms with Crippen LogP contribution in [0, 0.1) is 0 Å². The van der Waals surface area contributed by atoms with Gasteiger partial charge in [-0.15, -0.1) is 11.3 Å². The topological polar surface area (TPSA) is 110 Å². The Kier molecular flexibility index (Phi) is 18.4. The lowest BCUT2D eigenvalue weighted by atomic mass is 9.99. The summed E-state index contributed by atoms with van der Waals surface area (Å²) in [6, 6.07) is 158. The van der Waals surface area contributed by atoms with Crippen LogP contribution in [0.25, 0.3) is 263 Å². The largest absolute Gasteiger partial charge is 0.455 e. The van der Waals surface area contributed by atoms with Gasteiger partial charge in [-0.3, -0.25) is 13.7 Å². The minimum absolute atomic E-state index is 0. The summed E-state index contributed by atoms with van der Waals surface area (Å²) in [5.74, 6) is 2.15. The van der Waals surface area contributed by atoms with Crippen molar-refractivity contribution in [3.05, 3.63) is 449 Å². The summed E-state index contributed by atoms with van der Waals surface area (Å²) in [5.41, 5.74) is 26.1. The van der Waals surface area contributed by atoms with E-state index in [0.717, 1.165) is 138 Å². The zero-order valence-corrected chi connectivity index (χ0v) is 72.8. The Morgan fingerprint density at radius 2 is 0.637 bits per heavy atom. The molecule has 0 amide bonds. The summed E-state index contributed by atoms with van der Waals surface area (Å²) in [6.45, 7) is 0. The Bertz CT molecular complexity index is 9840. The third-order valence-corrected chi connectivity index (χ3v) is 27.9. The van der Waals surface area contributed by atoms with E-state index < -0.39 is 0 Å². The van der Waals surface area contributed by atoms with Gasteiger partial charge in [0.2, 0.25) is 11.9 Å². The molecule has 0 unspecified atom stereocenters. The fourth-order valence-electron chi connectivity index (χ4n) is 20.7. The smallest absolute Gasteiger partial charge is 0.235 e. The molecule has 0 N–H and O–H groups in total. The van der Waals surface area contributed by atoms with Gasteiger partial charge in [0, 0.05) is 97.1 Å². The average Bonchev–Trinajstić information content (AvgIpc) is 1.54. The highest BCUT2D eigenvalue weighted by Gasteiger charge is 2.28. The molecule has 135 heavy (non-hydrogen) atoms. The number of aromatic nitrogens is 10. The van der Waals surface area contributed by atoms with Gasteiger partial charge in [-0.25, -0.2) is 29.9 Å². The first-order valence-corrected chi connectivity index (χ1v) is 46.0. The van der Waals surface area contributed by atoms with Crippen LogP contribution in [0.4, 0.5) is 0 Å². The number of hydrogen-bond donors (Lipinski definition) is 0. The van der Waals surface area contributed by atoms with Gasteiger partial charge in [0.05, 0.1) is 87.7 Å². The highest BCUT2D eigenvalue weighted by atomic mass is 32.1. The van der Waals surface area contributed by atoms with E-state index >= 15 is 0 Å². The van der Waals surface area contributed by atoms with Crippen molar-refractivity contribution in [2.75, 3.05) is 0 Å². The Balaban J connectivity index is 0.000000106. The van der Waals surface area contributed by atoms with Gasteiger partial charge in [0.15, 0.2) is 5.82 Å². The van der Waals surface area contributed by atoms with Crippen molar-refractivity contribution >= 4 is 195 Å². The maximum absolute atomic E-state index is 6.48. The van der Waals surface area contributed by atoms with Crippen molar-refractivity contribution in [1.29, 1.82) is 0 Å². The first-order chi connectivity index (χ1) is 66.5. The molecular weight excluding hydrogens is 1670 g/mol. The first-order valence-electron chi connectivity index (χ1n) is 45.2. The van der Waals surface area contributed by atoms with Gasteiger partial charge < -0.3 is 8.98 Å². The fraction of sp³-hybridized carbons (Fsp3) is 0.00813. The van der Waals surface area contributed by atoms with Crippen LogP contribution >= 0.6 is 11.3 Å². The molecular formula is C123H78N10OS. The first kappa shape index (κ1) is 78.2. The van der Waals surface area contributed by atoms with Gasteiger partial charge in [-0.2, -0.15) is 0 Å². The second-order valence-electron chi connectivity index (χ2n) is 34.2. The average molecular weight is 1740 g/mol. The third-order valence-electron chi connectivity index (χ3n) is 26.7. The Hall–Kier alpha value is -17.8.